The number of nitrogens with zero attached hydrogens (tertiary/aromatic N) is 1. The molecule has 2 unspecified atom stereocenters. The number of hydrogen-bond acceptors (Lipinski definition) is 2. The van der Waals surface area contributed by atoms with Crippen LogP contribution in [0.1, 0.15) is 44.2 Å². The van der Waals surface area contributed by atoms with Crippen molar-refractivity contribution in [2.45, 2.75) is 51.6 Å². The van der Waals surface area contributed by atoms with Crippen LogP contribution in [0.2, 0.25) is 0 Å². The maximum Gasteiger partial charge on any atom is 0.238 e. The smallest absolute Gasteiger partial charge is 0.238 e. The molecule has 1 fully saturated rings. The quantitative estimate of drug-likeness (QED) is 0.873. The van der Waals surface area contributed by atoms with E-state index in [2.05, 4.69) is 54.4 Å². The number of benzene rings is 2. The molecule has 3 heteroatoms. The fourth-order valence-electron chi connectivity index (χ4n) is 3.75. The molecule has 1 saturated heterocycles. The summed E-state index contributed by atoms with van der Waals surface area (Å²) in [5.41, 5.74) is 3.33. The Balaban J connectivity index is 1.67. The Bertz CT molecular complexity index is 688. The van der Waals surface area contributed by atoms with Crippen LogP contribution in [-0.2, 0) is 11.2 Å². The van der Waals surface area contributed by atoms with Gasteiger partial charge in [0, 0.05) is 17.8 Å². The zero-order valence-electron chi connectivity index (χ0n) is 15.2. The Morgan fingerprint density at radius 3 is 2.36 bits per heavy atom. The van der Waals surface area contributed by atoms with E-state index in [0.29, 0.717) is 18.6 Å². The summed E-state index contributed by atoms with van der Waals surface area (Å²) in [5.74, 6) is 0.0844. The minimum Gasteiger partial charge on any atom is -0.325 e. The number of para-hydroxylation sites is 1. The molecule has 2 aromatic carbocycles. The van der Waals surface area contributed by atoms with E-state index in [1.807, 2.05) is 24.3 Å². The molecular weight excluding hydrogens is 308 g/mol. The van der Waals surface area contributed by atoms with Crippen molar-refractivity contribution in [3.63, 3.8) is 0 Å². The van der Waals surface area contributed by atoms with E-state index in [9.17, 15) is 4.79 Å². The van der Waals surface area contributed by atoms with Crippen LogP contribution in [0.4, 0.5) is 5.69 Å². The molecule has 0 bridgehead atoms. The summed E-state index contributed by atoms with van der Waals surface area (Å²) in [6, 6.07) is 19.4. The first-order valence-electron chi connectivity index (χ1n) is 9.31. The SMILES string of the molecule is CC1CCCC(C)N1CC(=O)Nc1ccccc1Cc1ccccc1. The minimum absolute atomic E-state index is 0.0844. The molecule has 3 nitrogen and oxygen atoms in total. The highest BCUT2D eigenvalue weighted by molar-refractivity contribution is 5.93. The van der Waals surface area contributed by atoms with Crippen LogP contribution < -0.4 is 5.32 Å². The first-order chi connectivity index (χ1) is 12.1. The van der Waals surface area contributed by atoms with E-state index >= 15 is 0 Å². The monoisotopic (exact) mass is 336 g/mol. The summed E-state index contributed by atoms with van der Waals surface area (Å²) < 4.78 is 0. The fraction of sp³-hybridized carbons (Fsp3) is 0.409. The lowest BCUT2D eigenvalue weighted by Crippen LogP contribution is -2.47. The van der Waals surface area contributed by atoms with Gasteiger partial charge in [-0.15, -0.1) is 0 Å². The van der Waals surface area contributed by atoms with Crippen molar-refractivity contribution < 1.29 is 4.79 Å². The van der Waals surface area contributed by atoms with Crippen LogP contribution in [0.3, 0.4) is 0 Å². The van der Waals surface area contributed by atoms with Crippen molar-refractivity contribution in [1.29, 1.82) is 0 Å². The number of carbonyl (C=O) groups is 1. The van der Waals surface area contributed by atoms with Gasteiger partial charge in [0.1, 0.15) is 0 Å². The Labute approximate surface area is 151 Å². The molecule has 0 radical (unpaired) electrons. The second kappa shape index (κ2) is 8.30. The summed E-state index contributed by atoms with van der Waals surface area (Å²) in [6.07, 6.45) is 4.46. The fourth-order valence-corrected chi connectivity index (χ4v) is 3.75. The molecule has 0 aliphatic carbocycles. The Hall–Kier alpha value is -2.13. The zero-order valence-corrected chi connectivity index (χ0v) is 15.2. The van der Waals surface area contributed by atoms with Gasteiger partial charge in [0.25, 0.3) is 0 Å². The molecule has 1 heterocycles. The van der Waals surface area contributed by atoms with Gasteiger partial charge in [0.05, 0.1) is 6.54 Å². The number of hydrogen-bond donors (Lipinski definition) is 1. The average Bonchev–Trinajstić information content (AvgIpc) is 2.61. The second-order valence-corrected chi connectivity index (χ2v) is 7.17. The highest BCUT2D eigenvalue weighted by atomic mass is 16.2. The first kappa shape index (κ1) is 17.7. The first-order valence-corrected chi connectivity index (χ1v) is 9.31. The summed E-state index contributed by atoms with van der Waals surface area (Å²) in [5, 5.41) is 3.14. The highest BCUT2D eigenvalue weighted by Crippen LogP contribution is 2.23. The van der Waals surface area contributed by atoms with Crippen molar-refractivity contribution in [2.24, 2.45) is 0 Å². The molecule has 0 saturated carbocycles. The van der Waals surface area contributed by atoms with E-state index in [0.717, 1.165) is 17.7 Å². The van der Waals surface area contributed by atoms with Crippen molar-refractivity contribution in [1.82, 2.24) is 4.90 Å². The van der Waals surface area contributed by atoms with Gasteiger partial charge in [-0.3, -0.25) is 9.69 Å². The average molecular weight is 336 g/mol. The van der Waals surface area contributed by atoms with Gasteiger partial charge in [0.2, 0.25) is 5.91 Å². The zero-order chi connectivity index (χ0) is 17.6. The van der Waals surface area contributed by atoms with Crippen molar-refractivity contribution in [3.8, 4) is 0 Å². The minimum atomic E-state index is 0.0844. The number of rotatable bonds is 5. The topological polar surface area (TPSA) is 32.3 Å². The van der Waals surface area contributed by atoms with Crippen molar-refractivity contribution >= 4 is 11.6 Å². The lowest BCUT2D eigenvalue weighted by molar-refractivity contribution is -0.118. The normalized spacial score (nSPS) is 21.0. The van der Waals surface area contributed by atoms with Crippen LogP contribution in [0.25, 0.3) is 0 Å². The van der Waals surface area contributed by atoms with Crippen molar-refractivity contribution in [3.05, 3.63) is 65.7 Å². The number of anilines is 1. The van der Waals surface area contributed by atoms with Crippen LogP contribution in [0.5, 0.6) is 0 Å². The van der Waals surface area contributed by atoms with Crippen molar-refractivity contribution in [2.75, 3.05) is 11.9 Å². The molecule has 1 N–H and O–H groups in total. The summed E-state index contributed by atoms with van der Waals surface area (Å²) in [7, 11) is 0. The molecule has 25 heavy (non-hydrogen) atoms. The Kier molecular flexibility index (Phi) is 5.87. The standard InChI is InChI=1S/C22H28N2O/c1-17-9-8-10-18(2)24(17)16-22(25)23-21-14-7-6-13-20(21)15-19-11-4-3-5-12-19/h3-7,11-14,17-18H,8-10,15-16H2,1-2H3,(H,23,25). The number of carbonyl (C=O) groups excluding carboxylic acids is 1. The highest BCUT2D eigenvalue weighted by Gasteiger charge is 2.26. The number of amides is 1. The van der Waals surface area contributed by atoms with Gasteiger partial charge < -0.3 is 5.32 Å². The van der Waals surface area contributed by atoms with E-state index in [1.54, 1.807) is 0 Å². The van der Waals surface area contributed by atoms with Gasteiger partial charge >= 0.3 is 0 Å². The predicted molar refractivity (Wildman–Crippen MR) is 104 cm³/mol. The Morgan fingerprint density at radius 2 is 1.64 bits per heavy atom. The molecule has 2 atom stereocenters. The second-order valence-electron chi connectivity index (χ2n) is 7.17. The largest absolute Gasteiger partial charge is 0.325 e. The van der Waals surface area contributed by atoms with Crippen LogP contribution >= 0.6 is 0 Å². The van der Waals surface area contributed by atoms with E-state index in [1.165, 1.54) is 24.8 Å². The van der Waals surface area contributed by atoms with E-state index < -0.39 is 0 Å². The van der Waals surface area contributed by atoms with Crippen LogP contribution in [0, 0.1) is 0 Å². The molecule has 0 aromatic heterocycles. The van der Waals surface area contributed by atoms with Gasteiger partial charge in [-0.25, -0.2) is 0 Å². The predicted octanol–water partition coefficient (Wildman–Crippen LogP) is 4.48. The third kappa shape index (κ3) is 4.70. The van der Waals surface area contributed by atoms with Crippen LogP contribution in [0.15, 0.2) is 54.6 Å². The number of nitrogens with one attached hydrogen (secondary N) is 1. The summed E-state index contributed by atoms with van der Waals surface area (Å²) >= 11 is 0. The maximum atomic E-state index is 12.6. The van der Waals surface area contributed by atoms with Gasteiger partial charge in [0.15, 0.2) is 0 Å². The molecule has 1 aliphatic rings. The summed E-state index contributed by atoms with van der Waals surface area (Å²) in [6.45, 7) is 4.93. The van der Waals surface area contributed by atoms with E-state index in [4.69, 9.17) is 0 Å². The number of likely N-dealkylation sites (tertiary alicyclic amines) is 1. The van der Waals surface area contributed by atoms with Gasteiger partial charge in [-0.1, -0.05) is 55.0 Å². The Morgan fingerprint density at radius 1 is 1.00 bits per heavy atom. The lowest BCUT2D eigenvalue weighted by atomic mass is 9.97. The maximum absolute atomic E-state index is 12.6. The molecule has 0 spiro atoms. The third-order valence-corrected chi connectivity index (χ3v) is 5.23. The van der Waals surface area contributed by atoms with Crippen LogP contribution in [-0.4, -0.2) is 29.4 Å². The molecular formula is C22H28N2O. The third-order valence-electron chi connectivity index (χ3n) is 5.23. The molecule has 1 aliphatic heterocycles. The van der Waals surface area contributed by atoms with Gasteiger partial charge in [-0.05, 0) is 50.3 Å². The molecule has 1 amide bonds. The molecule has 3 rings (SSSR count). The van der Waals surface area contributed by atoms with E-state index in [-0.39, 0.29) is 5.91 Å². The molecule has 2 aromatic rings. The summed E-state index contributed by atoms with van der Waals surface area (Å²) in [4.78, 5) is 15.0. The number of piperidine rings is 1. The lowest BCUT2D eigenvalue weighted by Gasteiger charge is -2.38. The molecule has 132 valence electrons. The van der Waals surface area contributed by atoms with Gasteiger partial charge in [-0.2, -0.15) is 0 Å².